The molecule has 5 heteroatoms. The highest BCUT2D eigenvalue weighted by atomic mass is 32.2. The molecule has 0 aromatic carbocycles. The van der Waals surface area contributed by atoms with Crippen LogP contribution in [0.15, 0.2) is 11.4 Å². The molecule has 0 aliphatic heterocycles. The number of aromatic nitrogens is 2. The zero-order chi connectivity index (χ0) is 15.5. The maximum atomic E-state index is 10.8. The predicted octanol–water partition coefficient (Wildman–Crippen LogP) is 3.97. The molecule has 0 bridgehead atoms. The largest absolute Gasteiger partial charge is 0.481 e. The van der Waals surface area contributed by atoms with Crippen LogP contribution in [0, 0.1) is 18.3 Å². The Morgan fingerprint density at radius 1 is 1.48 bits per heavy atom. The Hall–Kier alpha value is -0.970. The molecule has 1 N–H and O–H groups in total. The number of hydrogen-bond donors (Lipinski definition) is 1. The molecule has 2 rings (SSSR count). The quantitative estimate of drug-likeness (QED) is 0.774. The summed E-state index contributed by atoms with van der Waals surface area (Å²) in [4.78, 5) is 15.2. The van der Waals surface area contributed by atoms with Crippen molar-refractivity contribution in [2.45, 2.75) is 64.6 Å². The van der Waals surface area contributed by atoms with Crippen LogP contribution in [0.4, 0.5) is 0 Å². The molecule has 0 amide bonds. The van der Waals surface area contributed by atoms with E-state index in [-0.39, 0.29) is 5.75 Å². The molecule has 1 aliphatic carbocycles. The van der Waals surface area contributed by atoms with Gasteiger partial charge in [0.25, 0.3) is 0 Å². The first-order valence-electron chi connectivity index (χ1n) is 7.79. The van der Waals surface area contributed by atoms with Gasteiger partial charge >= 0.3 is 5.97 Å². The van der Waals surface area contributed by atoms with Crippen molar-refractivity contribution in [3.63, 3.8) is 0 Å². The molecule has 0 saturated heterocycles. The third-order valence-electron chi connectivity index (χ3n) is 4.34. The highest BCUT2D eigenvalue weighted by molar-refractivity contribution is 7.99. The number of carboxylic acid groups (broad SMARTS) is 1. The maximum absolute atomic E-state index is 10.8. The van der Waals surface area contributed by atoms with Crippen LogP contribution in [0.5, 0.6) is 0 Å². The molecule has 1 fully saturated rings. The zero-order valence-electron chi connectivity index (χ0n) is 13.3. The Morgan fingerprint density at radius 2 is 2.14 bits per heavy atom. The molecule has 0 spiro atoms. The van der Waals surface area contributed by atoms with Crippen LogP contribution < -0.4 is 0 Å². The van der Waals surface area contributed by atoms with E-state index in [0.29, 0.717) is 11.3 Å². The number of hydrogen-bond acceptors (Lipinski definition) is 3. The molecule has 4 nitrogen and oxygen atoms in total. The number of carbonyl (C=O) groups is 1. The van der Waals surface area contributed by atoms with Gasteiger partial charge in [0.1, 0.15) is 0 Å². The van der Waals surface area contributed by atoms with Crippen molar-refractivity contribution in [3.05, 3.63) is 11.9 Å². The number of carboxylic acids is 1. The molecule has 118 valence electrons. The van der Waals surface area contributed by atoms with Gasteiger partial charge in [-0.1, -0.05) is 38.5 Å². The normalized spacial score (nSPS) is 17.5. The fourth-order valence-electron chi connectivity index (χ4n) is 3.63. The number of aryl methyl sites for hydroxylation is 1. The molecule has 1 heterocycles. The molecule has 1 aromatic heterocycles. The smallest absolute Gasteiger partial charge is 0.313 e. The van der Waals surface area contributed by atoms with E-state index in [2.05, 4.69) is 30.3 Å². The van der Waals surface area contributed by atoms with Gasteiger partial charge in [-0.15, -0.1) is 0 Å². The second-order valence-electron chi connectivity index (χ2n) is 6.76. The van der Waals surface area contributed by atoms with Crippen molar-refractivity contribution in [1.82, 2.24) is 9.55 Å². The third kappa shape index (κ3) is 4.25. The number of imidazole rings is 1. The molecule has 1 saturated carbocycles. The first-order valence-corrected chi connectivity index (χ1v) is 8.77. The Kier molecular flexibility index (Phi) is 5.36. The molecule has 0 radical (unpaired) electrons. The van der Waals surface area contributed by atoms with E-state index in [1.807, 2.05) is 6.20 Å². The van der Waals surface area contributed by atoms with Crippen LogP contribution >= 0.6 is 11.8 Å². The van der Waals surface area contributed by atoms with E-state index in [9.17, 15) is 4.79 Å². The maximum Gasteiger partial charge on any atom is 0.313 e. The highest BCUT2D eigenvalue weighted by Crippen LogP contribution is 2.45. The molecule has 0 atom stereocenters. The average Bonchev–Trinajstić information content (AvgIpc) is 2.96. The second-order valence-corrected chi connectivity index (χ2v) is 7.70. The topological polar surface area (TPSA) is 55.1 Å². The van der Waals surface area contributed by atoms with E-state index in [0.717, 1.165) is 17.4 Å². The standard InChI is InChI=1S/C16H26N2O2S/c1-12(2)8-16(6-4-5-7-16)11-18-13(3)9-17-15(18)21-10-14(19)20/h9,12H,4-8,10-11H2,1-3H3,(H,19,20). The zero-order valence-corrected chi connectivity index (χ0v) is 14.1. The summed E-state index contributed by atoms with van der Waals surface area (Å²) in [5.41, 5.74) is 1.51. The molecule has 1 aromatic rings. The van der Waals surface area contributed by atoms with Gasteiger partial charge in [-0.25, -0.2) is 4.98 Å². The van der Waals surface area contributed by atoms with Crippen molar-refractivity contribution in [1.29, 1.82) is 0 Å². The summed E-state index contributed by atoms with van der Waals surface area (Å²) in [6.07, 6.45) is 8.31. The summed E-state index contributed by atoms with van der Waals surface area (Å²) >= 11 is 1.33. The van der Waals surface area contributed by atoms with Gasteiger partial charge < -0.3 is 9.67 Å². The Labute approximate surface area is 131 Å². The summed E-state index contributed by atoms with van der Waals surface area (Å²) in [7, 11) is 0. The Morgan fingerprint density at radius 3 is 2.71 bits per heavy atom. The Balaban J connectivity index is 2.16. The second kappa shape index (κ2) is 6.86. The summed E-state index contributed by atoms with van der Waals surface area (Å²) < 4.78 is 2.24. The van der Waals surface area contributed by atoms with Gasteiger partial charge in [0.15, 0.2) is 5.16 Å². The molecule has 0 unspecified atom stereocenters. The minimum Gasteiger partial charge on any atom is -0.481 e. The molecule has 1 aliphatic rings. The van der Waals surface area contributed by atoms with Crippen LogP contribution in [0.2, 0.25) is 0 Å². The van der Waals surface area contributed by atoms with Gasteiger partial charge in [-0.3, -0.25) is 4.79 Å². The Bertz CT molecular complexity index is 490. The van der Waals surface area contributed by atoms with E-state index in [1.165, 1.54) is 43.9 Å². The number of nitrogens with zero attached hydrogens (tertiary/aromatic N) is 2. The van der Waals surface area contributed by atoms with E-state index >= 15 is 0 Å². The minimum absolute atomic E-state index is 0.0770. The molecule has 21 heavy (non-hydrogen) atoms. The summed E-state index contributed by atoms with van der Waals surface area (Å²) in [5.74, 6) is -0.0137. The summed E-state index contributed by atoms with van der Waals surface area (Å²) in [5, 5.41) is 9.72. The third-order valence-corrected chi connectivity index (χ3v) is 5.32. The van der Waals surface area contributed by atoms with Crippen molar-refractivity contribution in [2.24, 2.45) is 11.3 Å². The van der Waals surface area contributed by atoms with E-state index < -0.39 is 5.97 Å². The minimum atomic E-state index is -0.787. The van der Waals surface area contributed by atoms with Crippen LogP contribution in [0.25, 0.3) is 0 Å². The fourth-order valence-corrected chi connectivity index (χ4v) is 4.37. The number of aliphatic carboxylic acids is 1. The van der Waals surface area contributed by atoms with Gasteiger partial charge in [0.05, 0.1) is 5.75 Å². The van der Waals surface area contributed by atoms with Crippen molar-refractivity contribution < 1.29 is 9.90 Å². The van der Waals surface area contributed by atoms with Crippen LogP contribution in [-0.4, -0.2) is 26.4 Å². The average molecular weight is 310 g/mol. The van der Waals surface area contributed by atoms with Crippen LogP contribution in [0.1, 0.15) is 51.6 Å². The van der Waals surface area contributed by atoms with Gasteiger partial charge in [-0.2, -0.15) is 0 Å². The van der Waals surface area contributed by atoms with Gasteiger partial charge in [0, 0.05) is 18.4 Å². The van der Waals surface area contributed by atoms with Crippen LogP contribution in [-0.2, 0) is 11.3 Å². The van der Waals surface area contributed by atoms with Crippen LogP contribution in [0.3, 0.4) is 0 Å². The van der Waals surface area contributed by atoms with E-state index in [4.69, 9.17) is 5.11 Å². The lowest BCUT2D eigenvalue weighted by atomic mass is 9.78. The molecular formula is C16H26N2O2S. The first kappa shape index (κ1) is 16.4. The first-order chi connectivity index (χ1) is 9.92. The summed E-state index contributed by atoms with van der Waals surface area (Å²) in [6, 6.07) is 0. The predicted molar refractivity (Wildman–Crippen MR) is 85.7 cm³/mol. The lowest BCUT2D eigenvalue weighted by Gasteiger charge is -2.32. The van der Waals surface area contributed by atoms with Crippen molar-refractivity contribution >= 4 is 17.7 Å². The van der Waals surface area contributed by atoms with Gasteiger partial charge in [0.2, 0.25) is 0 Å². The molecular weight excluding hydrogens is 284 g/mol. The van der Waals surface area contributed by atoms with Crippen molar-refractivity contribution in [2.75, 3.05) is 5.75 Å². The lowest BCUT2D eigenvalue weighted by Crippen LogP contribution is -2.26. The number of rotatable bonds is 7. The van der Waals surface area contributed by atoms with Gasteiger partial charge in [-0.05, 0) is 37.5 Å². The lowest BCUT2D eigenvalue weighted by molar-refractivity contribution is -0.133. The SMILES string of the molecule is Cc1cnc(SCC(=O)O)n1CC1(CC(C)C)CCCC1. The fraction of sp³-hybridized carbons (Fsp3) is 0.750. The summed E-state index contributed by atoms with van der Waals surface area (Å²) in [6.45, 7) is 7.64. The number of thioether (sulfide) groups is 1. The highest BCUT2D eigenvalue weighted by Gasteiger charge is 2.35. The van der Waals surface area contributed by atoms with E-state index in [1.54, 1.807) is 0 Å². The monoisotopic (exact) mass is 310 g/mol. The van der Waals surface area contributed by atoms with Crippen molar-refractivity contribution in [3.8, 4) is 0 Å².